The van der Waals surface area contributed by atoms with E-state index in [9.17, 15) is 9.18 Å². The summed E-state index contributed by atoms with van der Waals surface area (Å²) in [4.78, 5) is 23.0. The summed E-state index contributed by atoms with van der Waals surface area (Å²) < 4.78 is 23.1. The molecule has 0 radical (unpaired) electrons. The predicted molar refractivity (Wildman–Crippen MR) is 109 cm³/mol. The highest BCUT2D eigenvalue weighted by atomic mass is 79.9. The first kappa shape index (κ1) is 17.9. The fourth-order valence-corrected chi connectivity index (χ4v) is 4.02. The van der Waals surface area contributed by atoms with Crippen LogP contribution in [0.15, 0.2) is 47.3 Å². The lowest BCUT2D eigenvalue weighted by atomic mass is 10.1. The SMILES string of the molecule is CN(C(=O)c1cc2c(cc1F)nc(N)c1cncn12)C1COc2cc(Br)ccc21. The van der Waals surface area contributed by atoms with Crippen molar-refractivity contribution in [2.75, 3.05) is 19.4 Å². The molecule has 2 aromatic carbocycles. The second kappa shape index (κ2) is 6.41. The van der Waals surface area contributed by atoms with E-state index in [1.165, 1.54) is 17.0 Å². The van der Waals surface area contributed by atoms with Crippen LogP contribution in [0.1, 0.15) is 22.0 Å². The molecular weight excluding hydrogens is 441 g/mol. The normalized spacial score (nSPS) is 15.5. The number of hydrogen-bond acceptors (Lipinski definition) is 5. The Balaban J connectivity index is 1.58. The molecule has 5 rings (SSSR count). The zero-order chi connectivity index (χ0) is 20.3. The van der Waals surface area contributed by atoms with Crippen LogP contribution in [-0.2, 0) is 0 Å². The first-order valence-electron chi connectivity index (χ1n) is 8.84. The van der Waals surface area contributed by atoms with Crippen molar-refractivity contribution in [1.82, 2.24) is 19.3 Å². The molecule has 4 aromatic rings. The Bertz CT molecular complexity index is 1310. The lowest BCUT2D eigenvalue weighted by molar-refractivity contribution is 0.0704. The number of amides is 1. The quantitative estimate of drug-likeness (QED) is 0.499. The van der Waals surface area contributed by atoms with Gasteiger partial charge in [-0.15, -0.1) is 0 Å². The van der Waals surface area contributed by atoms with Gasteiger partial charge in [-0.3, -0.25) is 9.20 Å². The van der Waals surface area contributed by atoms with Gasteiger partial charge in [0.15, 0.2) is 0 Å². The van der Waals surface area contributed by atoms with Gasteiger partial charge in [-0.05, 0) is 18.2 Å². The van der Waals surface area contributed by atoms with Gasteiger partial charge in [0.05, 0.1) is 35.2 Å². The number of rotatable bonds is 2. The van der Waals surface area contributed by atoms with E-state index in [4.69, 9.17) is 10.5 Å². The minimum absolute atomic E-state index is 0.0490. The van der Waals surface area contributed by atoms with E-state index in [1.807, 2.05) is 18.2 Å². The largest absolute Gasteiger partial charge is 0.491 e. The van der Waals surface area contributed by atoms with Crippen molar-refractivity contribution in [2.45, 2.75) is 6.04 Å². The van der Waals surface area contributed by atoms with Crippen LogP contribution >= 0.6 is 15.9 Å². The fraction of sp³-hybridized carbons (Fsp3) is 0.150. The molecule has 1 atom stereocenters. The lowest BCUT2D eigenvalue weighted by Crippen LogP contribution is -2.32. The summed E-state index contributed by atoms with van der Waals surface area (Å²) in [5.74, 6) is -0.145. The standard InChI is InChI=1S/C20H15BrFN5O2/c1-26(17-8-29-18-4-10(21)2-3-11(17)18)20(28)12-5-15-14(6-13(12)22)25-19(23)16-7-24-9-27(15)16/h2-7,9,17H,8H2,1H3,(H2,23,25). The number of imidazole rings is 1. The molecule has 2 aromatic heterocycles. The summed E-state index contributed by atoms with van der Waals surface area (Å²) in [6.45, 7) is 0.313. The zero-order valence-electron chi connectivity index (χ0n) is 15.3. The molecular formula is C20H15BrFN5O2. The summed E-state index contributed by atoms with van der Waals surface area (Å²) >= 11 is 3.41. The molecule has 1 amide bonds. The van der Waals surface area contributed by atoms with Crippen molar-refractivity contribution in [3.05, 3.63) is 64.3 Å². The number of nitrogens with zero attached hydrogens (tertiary/aromatic N) is 4. The Hall–Kier alpha value is -3.20. The van der Waals surface area contributed by atoms with Crippen molar-refractivity contribution in [3.63, 3.8) is 0 Å². The maximum atomic E-state index is 14.8. The summed E-state index contributed by atoms with van der Waals surface area (Å²) in [5.41, 5.74) is 8.25. The van der Waals surface area contributed by atoms with Crippen molar-refractivity contribution < 1.29 is 13.9 Å². The molecule has 3 heterocycles. The number of fused-ring (bicyclic) bond motifs is 4. The number of carbonyl (C=O) groups is 1. The Labute approximate surface area is 173 Å². The third-order valence-electron chi connectivity index (χ3n) is 5.22. The van der Waals surface area contributed by atoms with Crippen LogP contribution in [0.3, 0.4) is 0 Å². The van der Waals surface area contributed by atoms with E-state index in [0.717, 1.165) is 10.0 Å². The zero-order valence-corrected chi connectivity index (χ0v) is 16.9. The van der Waals surface area contributed by atoms with Gasteiger partial charge in [0.25, 0.3) is 5.91 Å². The third kappa shape index (κ3) is 2.72. The van der Waals surface area contributed by atoms with Crippen molar-refractivity contribution in [2.24, 2.45) is 0 Å². The minimum Gasteiger partial charge on any atom is -0.491 e. The second-order valence-corrected chi connectivity index (χ2v) is 7.81. The van der Waals surface area contributed by atoms with Crippen LogP contribution in [0.4, 0.5) is 10.2 Å². The van der Waals surface area contributed by atoms with Crippen LogP contribution < -0.4 is 10.5 Å². The van der Waals surface area contributed by atoms with Crippen LogP contribution in [0.25, 0.3) is 16.6 Å². The molecule has 0 saturated heterocycles. The highest BCUT2D eigenvalue weighted by Crippen LogP contribution is 2.38. The monoisotopic (exact) mass is 455 g/mol. The smallest absolute Gasteiger partial charge is 0.257 e. The van der Waals surface area contributed by atoms with E-state index in [2.05, 4.69) is 25.9 Å². The lowest BCUT2D eigenvalue weighted by Gasteiger charge is -2.24. The van der Waals surface area contributed by atoms with Crippen LogP contribution in [0, 0.1) is 5.82 Å². The highest BCUT2D eigenvalue weighted by molar-refractivity contribution is 9.10. The predicted octanol–water partition coefficient (Wildman–Crippen LogP) is 3.57. The molecule has 2 N–H and O–H groups in total. The van der Waals surface area contributed by atoms with Gasteiger partial charge >= 0.3 is 0 Å². The van der Waals surface area contributed by atoms with Crippen molar-refractivity contribution in [3.8, 4) is 5.75 Å². The van der Waals surface area contributed by atoms with Gasteiger partial charge in [-0.25, -0.2) is 14.4 Å². The summed E-state index contributed by atoms with van der Waals surface area (Å²) in [5, 5.41) is 0. The number of nitrogen functional groups attached to an aromatic ring is 1. The number of ether oxygens (including phenoxy) is 1. The van der Waals surface area contributed by atoms with Crippen molar-refractivity contribution in [1.29, 1.82) is 0 Å². The maximum Gasteiger partial charge on any atom is 0.257 e. The summed E-state index contributed by atoms with van der Waals surface area (Å²) in [6.07, 6.45) is 3.13. The number of hydrogen-bond donors (Lipinski definition) is 1. The Morgan fingerprint density at radius 1 is 1.34 bits per heavy atom. The maximum absolute atomic E-state index is 14.8. The Morgan fingerprint density at radius 3 is 3.00 bits per heavy atom. The van der Waals surface area contributed by atoms with Gasteiger partial charge in [-0.2, -0.15) is 0 Å². The van der Waals surface area contributed by atoms with E-state index < -0.39 is 11.7 Å². The molecule has 1 aliphatic heterocycles. The Kier molecular flexibility index (Phi) is 3.95. The molecule has 146 valence electrons. The molecule has 29 heavy (non-hydrogen) atoms. The van der Waals surface area contributed by atoms with Gasteiger partial charge < -0.3 is 15.4 Å². The highest BCUT2D eigenvalue weighted by Gasteiger charge is 2.32. The van der Waals surface area contributed by atoms with E-state index in [-0.39, 0.29) is 17.4 Å². The molecule has 0 bridgehead atoms. The first-order chi connectivity index (χ1) is 13.9. The molecule has 1 unspecified atom stereocenters. The third-order valence-corrected chi connectivity index (χ3v) is 5.71. The molecule has 0 spiro atoms. The van der Waals surface area contributed by atoms with Gasteiger partial charge in [0.2, 0.25) is 0 Å². The fourth-order valence-electron chi connectivity index (χ4n) is 3.68. The number of halogens is 2. The minimum atomic E-state index is -0.657. The Morgan fingerprint density at radius 2 is 2.17 bits per heavy atom. The topological polar surface area (TPSA) is 85.8 Å². The van der Waals surface area contributed by atoms with Gasteiger partial charge in [0, 0.05) is 23.2 Å². The van der Waals surface area contributed by atoms with Gasteiger partial charge in [-0.1, -0.05) is 22.0 Å². The molecule has 1 aliphatic rings. The van der Waals surface area contributed by atoms with Crippen molar-refractivity contribution >= 4 is 44.2 Å². The van der Waals surface area contributed by atoms with E-state index >= 15 is 0 Å². The number of nitrogens with two attached hydrogens (primary N) is 1. The van der Waals surface area contributed by atoms with E-state index in [0.29, 0.717) is 28.9 Å². The molecule has 7 nitrogen and oxygen atoms in total. The number of anilines is 1. The number of likely N-dealkylation sites (N-methyl/N-ethyl adjacent to an activating group) is 1. The molecule has 0 saturated carbocycles. The van der Waals surface area contributed by atoms with E-state index in [1.54, 1.807) is 24.0 Å². The first-order valence-corrected chi connectivity index (χ1v) is 9.63. The average Bonchev–Trinajstić information content (AvgIpc) is 3.34. The average molecular weight is 456 g/mol. The number of benzene rings is 2. The molecule has 0 aliphatic carbocycles. The second-order valence-electron chi connectivity index (χ2n) is 6.89. The van der Waals surface area contributed by atoms with Crippen LogP contribution in [0.2, 0.25) is 0 Å². The van der Waals surface area contributed by atoms with Crippen LogP contribution in [0.5, 0.6) is 5.75 Å². The number of aromatic nitrogens is 3. The van der Waals surface area contributed by atoms with Gasteiger partial charge in [0.1, 0.15) is 29.5 Å². The summed E-state index contributed by atoms with van der Waals surface area (Å²) in [7, 11) is 1.64. The van der Waals surface area contributed by atoms with Crippen LogP contribution in [-0.4, -0.2) is 38.8 Å². The number of carbonyl (C=O) groups excluding carboxylic acids is 1. The molecule has 0 fully saturated rings. The molecule has 9 heteroatoms. The summed E-state index contributed by atoms with van der Waals surface area (Å²) in [6, 6.07) is 8.06.